The molecule has 2 fully saturated rings. The zero-order valence-corrected chi connectivity index (χ0v) is 16.9. The van der Waals surface area contributed by atoms with Gasteiger partial charge >= 0.3 is 0 Å². The molecule has 0 N–H and O–H groups in total. The van der Waals surface area contributed by atoms with Gasteiger partial charge in [-0.25, -0.2) is 0 Å². The summed E-state index contributed by atoms with van der Waals surface area (Å²) in [6, 6.07) is 0. The second-order valence-electron chi connectivity index (χ2n) is 8.94. The van der Waals surface area contributed by atoms with Gasteiger partial charge in [0.25, 0.3) is 0 Å². The Morgan fingerprint density at radius 1 is 1.24 bits per heavy atom. The first kappa shape index (κ1) is 19.1. The van der Waals surface area contributed by atoms with Crippen LogP contribution in [0.2, 0.25) is 0 Å². The molecular weight excluding hydrogens is 312 g/mol. The zero-order chi connectivity index (χ0) is 18.2. The molecule has 0 bridgehead atoms. The number of hydrogen-bond acceptors (Lipinski definition) is 3. The summed E-state index contributed by atoms with van der Waals surface area (Å²) < 4.78 is 16.7. The number of hydrogen-bond donors (Lipinski definition) is 0. The Labute approximate surface area is 153 Å². The summed E-state index contributed by atoms with van der Waals surface area (Å²) in [5.74, 6) is 1.50. The van der Waals surface area contributed by atoms with E-state index in [4.69, 9.17) is 14.2 Å². The largest absolute Gasteiger partial charge is 0.355 e. The highest BCUT2D eigenvalue weighted by atomic mass is 16.8. The van der Waals surface area contributed by atoms with Crippen LogP contribution < -0.4 is 0 Å². The first-order chi connectivity index (χ1) is 11.8. The molecule has 0 aromatic rings. The van der Waals surface area contributed by atoms with Crippen molar-refractivity contribution < 1.29 is 14.2 Å². The maximum Gasteiger partial charge on any atom is 0.182 e. The standard InChI is InChI=1S/C22H36O3/c1-15-8-7-9-18-21(15,3)12-10-16(2)22(18,4)13-11-17-14-19(23-5)25-20(17)24-6/h8,11,16,18-20H,7,9-10,12-14H2,1-6H3/b17-11+/t16-,18-,19+,20+,21-,22+/m1/s1. The molecule has 0 radical (unpaired) electrons. The average molecular weight is 349 g/mol. The maximum atomic E-state index is 5.79. The lowest BCUT2D eigenvalue weighted by Crippen LogP contribution is -2.49. The van der Waals surface area contributed by atoms with Crippen molar-refractivity contribution in [3.63, 3.8) is 0 Å². The van der Waals surface area contributed by atoms with Gasteiger partial charge in [0, 0.05) is 20.6 Å². The Bertz CT molecular complexity index is 551. The summed E-state index contributed by atoms with van der Waals surface area (Å²) in [6.45, 7) is 9.86. The minimum Gasteiger partial charge on any atom is -0.355 e. The highest BCUT2D eigenvalue weighted by Gasteiger charge is 2.52. The SMILES string of the molecule is CO[C@@H]1C/C(=C\C[C@@]2(C)[C@H](C)CC[C@]3(C)C(C)=CCC[C@@H]23)[C@@H](OC)O1. The summed E-state index contributed by atoms with van der Waals surface area (Å²) in [5, 5.41) is 0. The molecule has 6 atom stereocenters. The Kier molecular flexibility index (Phi) is 5.49. The van der Waals surface area contributed by atoms with E-state index in [2.05, 4.69) is 39.8 Å². The highest BCUT2D eigenvalue weighted by molar-refractivity contribution is 5.22. The Hall–Kier alpha value is -0.640. The predicted octanol–water partition coefficient (Wildman–Crippen LogP) is 5.47. The summed E-state index contributed by atoms with van der Waals surface area (Å²) in [4.78, 5) is 0. The van der Waals surface area contributed by atoms with Gasteiger partial charge in [-0.05, 0) is 67.3 Å². The monoisotopic (exact) mass is 348 g/mol. The molecule has 3 nitrogen and oxygen atoms in total. The van der Waals surface area contributed by atoms with Crippen molar-refractivity contribution in [1.82, 2.24) is 0 Å². The molecule has 0 amide bonds. The van der Waals surface area contributed by atoms with Crippen molar-refractivity contribution in [2.24, 2.45) is 22.7 Å². The van der Waals surface area contributed by atoms with Crippen LogP contribution in [0.25, 0.3) is 0 Å². The maximum absolute atomic E-state index is 5.79. The van der Waals surface area contributed by atoms with Crippen LogP contribution in [0.15, 0.2) is 23.3 Å². The van der Waals surface area contributed by atoms with E-state index in [0.717, 1.165) is 24.7 Å². The predicted molar refractivity (Wildman–Crippen MR) is 101 cm³/mol. The van der Waals surface area contributed by atoms with Crippen molar-refractivity contribution >= 4 is 0 Å². The number of rotatable bonds is 4. The van der Waals surface area contributed by atoms with E-state index < -0.39 is 0 Å². The van der Waals surface area contributed by atoms with Gasteiger partial charge in [0.2, 0.25) is 0 Å². The first-order valence-corrected chi connectivity index (χ1v) is 9.92. The Balaban J connectivity index is 1.84. The van der Waals surface area contributed by atoms with Crippen molar-refractivity contribution in [1.29, 1.82) is 0 Å². The molecule has 1 heterocycles. The van der Waals surface area contributed by atoms with Crippen LogP contribution in [-0.4, -0.2) is 26.8 Å². The van der Waals surface area contributed by atoms with Gasteiger partial charge in [-0.15, -0.1) is 0 Å². The molecule has 142 valence electrons. The summed E-state index contributed by atoms with van der Waals surface area (Å²) in [5.41, 5.74) is 3.57. The minimum absolute atomic E-state index is 0.169. The van der Waals surface area contributed by atoms with Crippen LogP contribution in [0.3, 0.4) is 0 Å². The fraction of sp³-hybridized carbons (Fsp3) is 0.818. The van der Waals surface area contributed by atoms with Crippen molar-refractivity contribution in [2.75, 3.05) is 14.2 Å². The van der Waals surface area contributed by atoms with E-state index in [1.165, 1.54) is 31.3 Å². The van der Waals surface area contributed by atoms with Crippen LogP contribution in [0, 0.1) is 22.7 Å². The van der Waals surface area contributed by atoms with Crippen LogP contribution in [0.1, 0.15) is 66.2 Å². The van der Waals surface area contributed by atoms with Crippen LogP contribution >= 0.6 is 0 Å². The zero-order valence-electron chi connectivity index (χ0n) is 16.9. The van der Waals surface area contributed by atoms with Gasteiger partial charge in [0.15, 0.2) is 12.6 Å². The first-order valence-electron chi connectivity index (χ1n) is 9.92. The molecule has 1 aliphatic heterocycles. The van der Waals surface area contributed by atoms with E-state index in [1.807, 2.05) is 0 Å². The lowest BCUT2D eigenvalue weighted by atomic mass is 9.47. The molecule has 0 spiro atoms. The fourth-order valence-electron chi connectivity index (χ4n) is 5.69. The summed E-state index contributed by atoms with van der Waals surface area (Å²) >= 11 is 0. The normalized spacial score (nSPS) is 46.2. The molecule has 0 unspecified atom stereocenters. The molecule has 3 rings (SSSR count). The third-order valence-electron chi connectivity index (χ3n) is 7.86. The van der Waals surface area contributed by atoms with Gasteiger partial charge < -0.3 is 14.2 Å². The van der Waals surface area contributed by atoms with Crippen LogP contribution in [0.5, 0.6) is 0 Å². The number of methoxy groups -OCH3 is 2. The quantitative estimate of drug-likeness (QED) is 0.631. The number of allylic oxidation sites excluding steroid dienone is 3. The van der Waals surface area contributed by atoms with E-state index in [1.54, 1.807) is 19.8 Å². The van der Waals surface area contributed by atoms with Gasteiger partial charge in [-0.3, -0.25) is 0 Å². The third kappa shape index (κ3) is 3.24. The molecule has 25 heavy (non-hydrogen) atoms. The van der Waals surface area contributed by atoms with E-state index in [0.29, 0.717) is 10.8 Å². The number of fused-ring (bicyclic) bond motifs is 1. The summed E-state index contributed by atoms with van der Waals surface area (Å²) in [7, 11) is 3.42. The van der Waals surface area contributed by atoms with Gasteiger partial charge in [-0.2, -0.15) is 0 Å². The topological polar surface area (TPSA) is 27.7 Å². The fourth-order valence-corrected chi connectivity index (χ4v) is 5.69. The van der Waals surface area contributed by atoms with Gasteiger partial charge in [0.05, 0.1) is 0 Å². The molecule has 1 saturated heterocycles. The van der Waals surface area contributed by atoms with E-state index in [-0.39, 0.29) is 12.6 Å². The molecular formula is C22H36O3. The van der Waals surface area contributed by atoms with Gasteiger partial charge in [-0.1, -0.05) is 38.5 Å². The second kappa shape index (κ2) is 7.17. The van der Waals surface area contributed by atoms with Gasteiger partial charge in [0.1, 0.15) is 0 Å². The molecule has 2 aliphatic carbocycles. The van der Waals surface area contributed by atoms with Crippen molar-refractivity contribution in [3.8, 4) is 0 Å². The summed E-state index contributed by atoms with van der Waals surface area (Å²) in [6.07, 6.45) is 11.6. The molecule has 0 aromatic carbocycles. The molecule has 1 saturated carbocycles. The Morgan fingerprint density at radius 2 is 2.00 bits per heavy atom. The minimum atomic E-state index is -0.244. The number of ether oxygens (including phenoxy) is 3. The molecule has 3 aliphatic rings. The van der Waals surface area contributed by atoms with E-state index >= 15 is 0 Å². The highest BCUT2D eigenvalue weighted by Crippen LogP contribution is 2.61. The Morgan fingerprint density at radius 3 is 2.68 bits per heavy atom. The molecule has 0 aromatic heterocycles. The third-order valence-corrected chi connectivity index (χ3v) is 7.86. The van der Waals surface area contributed by atoms with Crippen molar-refractivity contribution in [3.05, 3.63) is 23.3 Å². The average Bonchev–Trinajstić information content (AvgIpc) is 3.01. The van der Waals surface area contributed by atoms with Crippen LogP contribution in [-0.2, 0) is 14.2 Å². The lowest BCUT2D eigenvalue weighted by molar-refractivity contribution is -0.180. The molecule has 3 heteroatoms. The lowest BCUT2D eigenvalue weighted by Gasteiger charge is -2.58. The second-order valence-corrected chi connectivity index (χ2v) is 8.94. The smallest absolute Gasteiger partial charge is 0.182 e. The van der Waals surface area contributed by atoms with Crippen molar-refractivity contribution in [2.45, 2.75) is 78.8 Å². The van der Waals surface area contributed by atoms with Crippen LogP contribution in [0.4, 0.5) is 0 Å². The van der Waals surface area contributed by atoms with E-state index in [9.17, 15) is 0 Å².